The van der Waals surface area contributed by atoms with Gasteiger partial charge >= 0.3 is 5.97 Å². The summed E-state index contributed by atoms with van der Waals surface area (Å²) in [6.45, 7) is 0. The molecule has 1 heterocycles. The van der Waals surface area contributed by atoms with Crippen LogP contribution in [0.25, 0.3) is 0 Å². The zero-order valence-electron chi connectivity index (χ0n) is 16.5. The van der Waals surface area contributed by atoms with E-state index in [-0.39, 0.29) is 11.3 Å². The Morgan fingerprint density at radius 2 is 1.19 bits per heavy atom. The van der Waals surface area contributed by atoms with E-state index in [0.717, 1.165) is 27.2 Å². The summed E-state index contributed by atoms with van der Waals surface area (Å²) in [5, 5.41) is 9.37. The summed E-state index contributed by atoms with van der Waals surface area (Å²) in [5.74, 6) is -3.95. The average molecular weight is 464 g/mol. The van der Waals surface area contributed by atoms with E-state index in [1.807, 2.05) is 48.5 Å². The van der Waals surface area contributed by atoms with Crippen LogP contribution < -0.4 is 4.90 Å². The van der Waals surface area contributed by atoms with E-state index in [1.165, 1.54) is 18.2 Å². The quantitative estimate of drug-likeness (QED) is 0.448. The highest BCUT2D eigenvalue weighted by atomic mass is 35.5. The summed E-state index contributed by atoms with van der Waals surface area (Å²) < 4.78 is 0. The number of amides is 2. The van der Waals surface area contributed by atoms with E-state index < -0.39 is 39.4 Å². The lowest BCUT2D eigenvalue weighted by molar-refractivity contribution is -0.122. The highest BCUT2D eigenvalue weighted by molar-refractivity contribution is 6.38. The Hall–Kier alpha value is -3.15. The van der Waals surface area contributed by atoms with Gasteiger partial charge in [-0.25, -0.2) is 9.69 Å². The van der Waals surface area contributed by atoms with Gasteiger partial charge < -0.3 is 5.11 Å². The van der Waals surface area contributed by atoms with Crippen molar-refractivity contribution >= 4 is 46.7 Å². The van der Waals surface area contributed by atoms with Gasteiger partial charge in [-0.3, -0.25) is 9.59 Å². The van der Waals surface area contributed by atoms with Gasteiger partial charge in [0, 0.05) is 0 Å². The standard InChI is InChI=1S/C25H15Cl2NO4/c26-24-15-8-1-2-9-16(15)25(27,18-11-4-3-10-17(18)24)20-19(24)21(29)28(22(20)30)14-7-5-6-13(12-14)23(31)32/h1-12,19-20H,(H,31,32)/t19-,20-,24?,25?/m1/s1. The molecule has 7 heteroatoms. The van der Waals surface area contributed by atoms with Crippen LogP contribution in [0.2, 0.25) is 0 Å². The van der Waals surface area contributed by atoms with Gasteiger partial charge in [-0.2, -0.15) is 0 Å². The molecule has 1 aliphatic heterocycles. The number of nitrogens with zero attached hydrogens (tertiary/aromatic N) is 1. The molecule has 3 aromatic rings. The lowest BCUT2D eigenvalue weighted by Crippen LogP contribution is -2.57. The van der Waals surface area contributed by atoms with E-state index in [2.05, 4.69) is 0 Å². The molecule has 32 heavy (non-hydrogen) atoms. The number of carbonyl (C=O) groups is 3. The fourth-order valence-corrected chi connectivity index (χ4v) is 6.80. The molecule has 2 amide bonds. The summed E-state index contributed by atoms with van der Waals surface area (Å²) in [5.41, 5.74) is 3.06. The van der Waals surface area contributed by atoms with Crippen LogP contribution in [0.1, 0.15) is 32.6 Å². The molecule has 7 rings (SSSR count). The Labute approximate surface area is 193 Å². The Balaban J connectivity index is 1.63. The number of aromatic carboxylic acids is 1. The van der Waals surface area contributed by atoms with Crippen LogP contribution in [-0.4, -0.2) is 22.9 Å². The van der Waals surface area contributed by atoms with Crippen molar-refractivity contribution in [1.29, 1.82) is 0 Å². The number of halogens is 2. The van der Waals surface area contributed by atoms with Crippen molar-refractivity contribution in [2.45, 2.75) is 9.75 Å². The summed E-state index contributed by atoms with van der Waals surface area (Å²) in [7, 11) is 0. The number of alkyl halides is 2. The van der Waals surface area contributed by atoms with Crippen molar-refractivity contribution in [2.24, 2.45) is 11.8 Å². The molecular formula is C25H15Cl2NO4. The van der Waals surface area contributed by atoms with Crippen molar-refractivity contribution in [1.82, 2.24) is 0 Å². The van der Waals surface area contributed by atoms with E-state index in [1.54, 1.807) is 6.07 Å². The fourth-order valence-electron chi connectivity index (χ4n) is 5.70. The van der Waals surface area contributed by atoms with E-state index in [4.69, 9.17) is 23.2 Å². The van der Waals surface area contributed by atoms with Crippen LogP contribution in [-0.2, 0) is 19.3 Å². The van der Waals surface area contributed by atoms with Crippen LogP contribution in [0, 0.1) is 11.8 Å². The van der Waals surface area contributed by atoms with E-state index >= 15 is 0 Å². The highest BCUT2D eigenvalue weighted by Gasteiger charge is 2.73. The second-order valence-electron chi connectivity index (χ2n) is 8.34. The first-order valence-corrected chi connectivity index (χ1v) is 10.9. The third-order valence-corrected chi connectivity index (χ3v) is 8.22. The maximum atomic E-state index is 13.8. The molecule has 2 atom stereocenters. The molecule has 3 aromatic carbocycles. The number of imide groups is 1. The largest absolute Gasteiger partial charge is 0.478 e. The molecular weight excluding hydrogens is 449 g/mol. The molecule has 5 nitrogen and oxygen atoms in total. The topological polar surface area (TPSA) is 74.7 Å². The Kier molecular flexibility index (Phi) is 3.79. The zero-order chi connectivity index (χ0) is 22.4. The van der Waals surface area contributed by atoms with E-state index in [0.29, 0.717) is 0 Å². The summed E-state index contributed by atoms with van der Waals surface area (Å²) >= 11 is 14.7. The summed E-state index contributed by atoms with van der Waals surface area (Å²) in [4.78, 5) is 37.6. The zero-order valence-corrected chi connectivity index (χ0v) is 18.0. The second kappa shape index (κ2) is 6.21. The third-order valence-electron chi connectivity index (χ3n) is 6.94. The average Bonchev–Trinajstić information content (AvgIpc) is 3.08. The molecule has 0 spiro atoms. The lowest BCUT2D eigenvalue weighted by atomic mass is 9.54. The second-order valence-corrected chi connectivity index (χ2v) is 9.53. The monoisotopic (exact) mass is 463 g/mol. The van der Waals surface area contributed by atoms with Crippen molar-refractivity contribution in [3.05, 3.63) is 101 Å². The number of carboxylic acids is 1. The first-order valence-electron chi connectivity index (χ1n) is 10.1. The number of rotatable bonds is 2. The number of carboxylic acid groups (broad SMARTS) is 1. The van der Waals surface area contributed by atoms with Crippen LogP contribution in [0.5, 0.6) is 0 Å². The maximum Gasteiger partial charge on any atom is 0.335 e. The minimum atomic E-state index is -1.26. The molecule has 0 saturated carbocycles. The molecule has 4 aliphatic rings. The Bertz CT molecular complexity index is 1250. The third kappa shape index (κ3) is 2.08. The number of anilines is 1. The van der Waals surface area contributed by atoms with Gasteiger partial charge in [0.2, 0.25) is 11.8 Å². The van der Waals surface area contributed by atoms with Crippen molar-refractivity contribution < 1.29 is 19.5 Å². The fraction of sp³-hybridized carbons (Fsp3) is 0.160. The van der Waals surface area contributed by atoms with Crippen LogP contribution >= 0.6 is 23.2 Å². The number of benzene rings is 3. The van der Waals surface area contributed by atoms with Crippen LogP contribution in [0.4, 0.5) is 5.69 Å². The Morgan fingerprint density at radius 3 is 1.59 bits per heavy atom. The van der Waals surface area contributed by atoms with Gasteiger partial charge in [-0.05, 0) is 40.5 Å². The molecule has 1 N–H and O–H groups in total. The van der Waals surface area contributed by atoms with Crippen LogP contribution in [0.15, 0.2) is 72.8 Å². The van der Waals surface area contributed by atoms with Gasteiger partial charge in [0.25, 0.3) is 0 Å². The Morgan fingerprint density at radius 1 is 0.750 bits per heavy atom. The van der Waals surface area contributed by atoms with Gasteiger partial charge in [-0.15, -0.1) is 23.2 Å². The van der Waals surface area contributed by atoms with Gasteiger partial charge in [-0.1, -0.05) is 54.6 Å². The van der Waals surface area contributed by atoms with Gasteiger partial charge in [0.05, 0.1) is 23.1 Å². The van der Waals surface area contributed by atoms with Crippen molar-refractivity contribution in [2.75, 3.05) is 4.90 Å². The summed E-state index contributed by atoms with van der Waals surface area (Å²) in [6.07, 6.45) is 0. The minimum Gasteiger partial charge on any atom is -0.478 e. The first kappa shape index (κ1) is 19.5. The SMILES string of the molecule is O=C(O)c1cccc(N2C(=O)[C@H]3[C@H](C2=O)C2(Cl)c4ccccc4C3(Cl)c3ccccc32)c1. The molecule has 1 saturated heterocycles. The number of hydrogen-bond donors (Lipinski definition) is 1. The van der Waals surface area contributed by atoms with Crippen molar-refractivity contribution in [3.63, 3.8) is 0 Å². The molecule has 3 aliphatic carbocycles. The molecule has 0 aromatic heterocycles. The molecule has 2 bridgehead atoms. The number of hydrogen-bond acceptors (Lipinski definition) is 3. The smallest absolute Gasteiger partial charge is 0.335 e. The minimum absolute atomic E-state index is 0.0197. The number of carbonyl (C=O) groups excluding carboxylic acids is 2. The molecule has 0 unspecified atom stereocenters. The summed E-state index contributed by atoms with van der Waals surface area (Å²) in [6, 6.07) is 20.6. The van der Waals surface area contributed by atoms with Gasteiger partial charge in [0.15, 0.2) is 0 Å². The molecule has 158 valence electrons. The normalized spacial score (nSPS) is 29.5. The van der Waals surface area contributed by atoms with Crippen LogP contribution in [0.3, 0.4) is 0 Å². The molecule has 1 fully saturated rings. The predicted molar refractivity (Wildman–Crippen MR) is 119 cm³/mol. The molecule has 0 radical (unpaired) electrons. The van der Waals surface area contributed by atoms with Crippen molar-refractivity contribution in [3.8, 4) is 0 Å². The first-order chi connectivity index (χ1) is 15.3. The van der Waals surface area contributed by atoms with E-state index in [9.17, 15) is 19.5 Å². The lowest BCUT2D eigenvalue weighted by Gasteiger charge is -2.54. The van der Waals surface area contributed by atoms with Gasteiger partial charge in [0.1, 0.15) is 9.75 Å². The highest BCUT2D eigenvalue weighted by Crippen LogP contribution is 2.69. The predicted octanol–water partition coefficient (Wildman–Crippen LogP) is 4.48. The maximum absolute atomic E-state index is 13.8.